The molecule has 0 bridgehead atoms. The van der Waals surface area contributed by atoms with Crippen LogP contribution in [0.2, 0.25) is 0 Å². The van der Waals surface area contributed by atoms with E-state index in [4.69, 9.17) is 4.42 Å². The molecule has 0 saturated carbocycles. The summed E-state index contributed by atoms with van der Waals surface area (Å²) >= 11 is 1.86. The van der Waals surface area contributed by atoms with Crippen molar-refractivity contribution in [2.75, 3.05) is 4.90 Å². The Bertz CT molecular complexity index is 3220. The van der Waals surface area contributed by atoms with Crippen LogP contribution in [-0.2, 0) is 0 Å². The van der Waals surface area contributed by atoms with Gasteiger partial charge in [0.15, 0.2) is 0 Å². The summed E-state index contributed by atoms with van der Waals surface area (Å²) in [6, 6.07) is 72.3. The van der Waals surface area contributed by atoms with Crippen molar-refractivity contribution in [2.45, 2.75) is 0 Å². The van der Waals surface area contributed by atoms with Gasteiger partial charge in [0.1, 0.15) is 11.2 Å². The molecule has 2 aromatic heterocycles. The third kappa shape index (κ3) is 5.48. The van der Waals surface area contributed by atoms with Crippen LogP contribution >= 0.6 is 11.3 Å². The minimum absolute atomic E-state index is 0.903. The Labute approximate surface area is 322 Å². The van der Waals surface area contributed by atoms with Gasteiger partial charge in [-0.15, -0.1) is 11.3 Å². The van der Waals surface area contributed by atoms with Gasteiger partial charge < -0.3 is 9.32 Å². The van der Waals surface area contributed by atoms with E-state index in [1.165, 1.54) is 53.2 Å². The van der Waals surface area contributed by atoms with Gasteiger partial charge in [0.25, 0.3) is 0 Å². The maximum Gasteiger partial charge on any atom is 0.136 e. The molecule has 3 heteroatoms. The monoisotopic (exact) mass is 719 g/mol. The van der Waals surface area contributed by atoms with Crippen molar-refractivity contribution in [3.8, 4) is 33.4 Å². The van der Waals surface area contributed by atoms with Gasteiger partial charge in [0.2, 0.25) is 0 Å². The highest BCUT2D eigenvalue weighted by molar-refractivity contribution is 7.25. The lowest BCUT2D eigenvalue weighted by Gasteiger charge is -2.27. The number of anilines is 3. The van der Waals surface area contributed by atoms with Crippen LogP contribution in [0.3, 0.4) is 0 Å². The highest BCUT2D eigenvalue weighted by atomic mass is 32.1. The summed E-state index contributed by atoms with van der Waals surface area (Å²) in [5.74, 6) is 0. The minimum atomic E-state index is 0.903. The van der Waals surface area contributed by atoms with Crippen molar-refractivity contribution in [1.82, 2.24) is 0 Å². The first kappa shape index (κ1) is 31.6. The number of furan rings is 1. The van der Waals surface area contributed by atoms with Gasteiger partial charge in [-0.3, -0.25) is 0 Å². The number of thiophene rings is 1. The molecule has 0 aliphatic heterocycles. The zero-order valence-electron chi connectivity index (χ0n) is 29.8. The largest absolute Gasteiger partial charge is 0.456 e. The number of rotatable bonds is 6. The van der Waals surface area contributed by atoms with Gasteiger partial charge >= 0.3 is 0 Å². The van der Waals surface area contributed by atoms with Gasteiger partial charge in [0.05, 0.1) is 0 Å². The molecule has 0 aliphatic rings. The number of nitrogens with zero attached hydrogens (tertiary/aromatic N) is 1. The molecular weight excluding hydrogens is 687 g/mol. The lowest BCUT2D eigenvalue weighted by atomic mass is 9.97. The molecule has 0 radical (unpaired) electrons. The van der Waals surface area contributed by atoms with Crippen molar-refractivity contribution in [2.24, 2.45) is 0 Å². The summed E-state index contributed by atoms with van der Waals surface area (Å²) in [5, 5.41) is 7.40. The lowest BCUT2D eigenvalue weighted by molar-refractivity contribution is 0.669. The first-order chi connectivity index (χ1) is 27.2. The molecule has 0 unspecified atom stereocenters. The second kappa shape index (κ2) is 12.9. The fourth-order valence-corrected chi connectivity index (χ4v) is 9.32. The molecule has 0 amide bonds. The normalized spacial score (nSPS) is 11.6. The van der Waals surface area contributed by atoms with Crippen LogP contribution in [0.5, 0.6) is 0 Å². The standard InChI is InChI=1S/C52H33NOS/c1-2-16-43-35(10-1)11-9-19-44(43)39-13-8-15-42(31-39)53(40-26-22-34(23-27-40)37-24-28-46-45-17-3-5-20-49(45)54-50(46)32-37)41-14-7-12-36(30-41)38-25-29-48-47-18-4-6-21-51(47)55-52(48)33-38/h1-33H. The molecule has 2 heterocycles. The van der Waals surface area contributed by atoms with Crippen LogP contribution in [0.15, 0.2) is 205 Å². The fourth-order valence-electron chi connectivity index (χ4n) is 8.18. The van der Waals surface area contributed by atoms with E-state index >= 15 is 0 Å². The van der Waals surface area contributed by atoms with E-state index in [0.717, 1.165) is 50.1 Å². The van der Waals surface area contributed by atoms with Crippen molar-refractivity contribution >= 4 is 81.3 Å². The van der Waals surface area contributed by atoms with E-state index in [2.05, 4.69) is 193 Å². The average Bonchev–Trinajstić information content (AvgIpc) is 3.82. The Morgan fingerprint density at radius 1 is 0.327 bits per heavy atom. The van der Waals surface area contributed by atoms with Crippen LogP contribution in [0.25, 0.3) is 86.3 Å². The van der Waals surface area contributed by atoms with E-state index < -0.39 is 0 Å². The van der Waals surface area contributed by atoms with E-state index in [1.54, 1.807) is 0 Å². The van der Waals surface area contributed by atoms with Crippen LogP contribution in [0.1, 0.15) is 0 Å². The maximum absolute atomic E-state index is 6.25. The first-order valence-electron chi connectivity index (χ1n) is 18.7. The molecule has 9 aromatic carbocycles. The number of para-hydroxylation sites is 1. The maximum atomic E-state index is 6.25. The Morgan fingerprint density at radius 2 is 0.909 bits per heavy atom. The zero-order valence-corrected chi connectivity index (χ0v) is 30.6. The van der Waals surface area contributed by atoms with Crippen molar-refractivity contribution in [3.63, 3.8) is 0 Å². The molecule has 258 valence electrons. The predicted molar refractivity (Wildman–Crippen MR) is 235 cm³/mol. The van der Waals surface area contributed by atoms with Crippen LogP contribution in [0, 0.1) is 0 Å². The molecule has 0 spiro atoms. The molecule has 55 heavy (non-hydrogen) atoms. The van der Waals surface area contributed by atoms with Crippen LogP contribution < -0.4 is 4.90 Å². The number of benzene rings is 9. The third-order valence-corrected chi connectivity index (χ3v) is 12.0. The molecule has 0 saturated heterocycles. The van der Waals surface area contributed by atoms with Gasteiger partial charge in [-0.25, -0.2) is 0 Å². The first-order valence-corrected chi connectivity index (χ1v) is 19.5. The summed E-state index contributed by atoms with van der Waals surface area (Å²) in [7, 11) is 0. The summed E-state index contributed by atoms with van der Waals surface area (Å²) in [6.07, 6.45) is 0. The van der Waals surface area contributed by atoms with Crippen LogP contribution in [-0.4, -0.2) is 0 Å². The molecule has 0 aliphatic carbocycles. The molecular formula is C52H33NOS. The topological polar surface area (TPSA) is 16.4 Å². The van der Waals surface area contributed by atoms with Gasteiger partial charge in [-0.05, 0) is 111 Å². The van der Waals surface area contributed by atoms with Gasteiger partial charge in [0, 0.05) is 48.0 Å². The lowest BCUT2D eigenvalue weighted by Crippen LogP contribution is -2.10. The SMILES string of the molecule is c1cc(-c2ccc3c(c2)sc2ccccc23)cc(N(c2ccc(-c3ccc4c(c3)oc3ccccc34)cc2)c2cccc(-c3cccc4ccccc34)c2)c1. The highest BCUT2D eigenvalue weighted by Gasteiger charge is 2.17. The number of fused-ring (bicyclic) bond motifs is 7. The molecule has 11 rings (SSSR count). The van der Waals surface area contributed by atoms with Crippen LogP contribution in [0.4, 0.5) is 17.1 Å². The molecule has 11 aromatic rings. The van der Waals surface area contributed by atoms with Crippen molar-refractivity contribution in [1.29, 1.82) is 0 Å². The van der Waals surface area contributed by atoms with E-state index in [-0.39, 0.29) is 0 Å². The Hall–Kier alpha value is -6.94. The number of hydrogen-bond donors (Lipinski definition) is 0. The molecule has 0 atom stereocenters. The van der Waals surface area contributed by atoms with Gasteiger partial charge in [-0.1, -0.05) is 133 Å². The quantitative estimate of drug-likeness (QED) is 0.170. The Balaban J connectivity index is 1.03. The molecule has 2 nitrogen and oxygen atoms in total. The Morgan fingerprint density at radius 3 is 1.76 bits per heavy atom. The zero-order chi connectivity index (χ0) is 36.3. The summed E-state index contributed by atoms with van der Waals surface area (Å²) in [6.45, 7) is 0. The minimum Gasteiger partial charge on any atom is -0.456 e. The number of hydrogen-bond acceptors (Lipinski definition) is 3. The Kier molecular flexibility index (Phi) is 7.39. The highest BCUT2D eigenvalue weighted by Crippen LogP contribution is 2.42. The average molecular weight is 720 g/mol. The van der Waals surface area contributed by atoms with E-state index in [1.807, 2.05) is 23.5 Å². The second-order valence-electron chi connectivity index (χ2n) is 14.1. The van der Waals surface area contributed by atoms with E-state index in [0.29, 0.717) is 0 Å². The fraction of sp³-hybridized carbons (Fsp3) is 0. The second-order valence-corrected chi connectivity index (χ2v) is 15.2. The summed E-state index contributed by atoms with van der Waals surface area (Å²) in [4.78, 5) is 2.38. The van der Waals surface area contributed by atoms with Gasteiger partial charge in [-0.2, -0.15) is 0 Å². The smallest absolute Gasteiger partial charge is 0.136 e. The third-order valence-electron chi connectivity index (χ3n) is 10.9. The van der Waals surface area contributed by atoms with E-state index in [9.17, 15) is 0 Å². The van der Waals surface area contributed by atoms with Crippen molar-refractivity contribution in [3.05, 3.63) is 200 Å². The van der Waals surface area contributed by atoms with Crippen molar-refractivity contribution < 1.29 is 4.42 Å². The summed E-state index contributed by atoms with van der Waals surface area (Å²) in [5.41, 5.74) is 12.2. The predicted octanol–water partition coefficient (Wildman–Crippen LogP) is 15.6. The summed E-state index contributed by atoms with van der Waals surface area (Å²) < 4.78 is 8.87. The molecule has 0 N–H and O–H groups in total. The molecule has 0 fully saturated rings.